The number of alkyl halides is 1. The zero-order chi connectivity index (χ0) is 14.7. The molecule has 1 aromatic heterocycles. The number of para-hydroxylation sites is 1. The minimum absolute atomic E-state index is 0.357. The van der Waals surface area contributed by atoms with E-state index >= 15 is 0 Å². The van der Waals surface area contributed by atoms with Gasteiger partial charge in [-0.3, -0.25) is 0 Å². The van der Waals surface area contributed by atoms with Crippen LogP contribution in [-0.2, 0) is 5.88 Å². The Morgan fingerprint density at radius 1 is 1.30 bits per heavy atom. The van der Waals surface area contributed by atoms with Crippen LogP contribution in [0, 0.1) is 5.92 Å². The van der Waals surface area contributed by atoms with Gasteiger partial charge in [-0.25, -0.2) is 4.98 Å². The van der Waals surface area contributed by atoms with Gasteiger partial charge in [-0.15, -0.1) is 11.6 Å². The molecule has 4 heteroatoms. The van der Waals surface area contributed by atoms with Crippen molar-refractivity contribution < 1.29 is 4.74 Å². The van der Waals surface area contributed by atoms with E-state index in [0.717, 1.165) is 29.0 Å². The molecule has 0 fully saturated rings. The molecule has 0 amide bonds. The normalized spacial score (nSPS) is 13.1. The first kappa shape index (κ1) is 15.2. The van der Waals surface area contributed by atoms with Crippen LogP contribution < -0.4 is 4.74 Å². The molecule has 0 spiro atoms. The fourth-order valence-corrected chi connectivity index (χ4v) is 2.50. The van der Waals surface area contributed by atoms with Gasteiger partial charge in [-0.1, -0.05) is 26.8 Å². The van der Waals surface area contributed by atoms with E-state index in [1.165, 1.54) is 0 Å². The van der Waals surface area contributed by atoms with E-state index in [2.05, 4.69) is 38.3 Å². The van der Waals surface area contributed by atoms with Gasteiger partial charge >= 0.3 is 0 Å². The number of hydrogen-bond acceptors (Lipinski definition) is 2. The van der Waals surface area contributed by atoms with Gasteiger partial charge in [-0.2, -0.15) is 0 Å². The highest BCUT2D eigenvalue weighted by Gasteiger charge is 2.19. The second-order valence-electron chi connectivity index (χ2n) is 5.49. The van der Waals surface area contributed by atoms with Crippen LogP contribution in [0.4, 0.5) is 0 Å². The molecule has 0 aliphatic heterocycles. The predicted molar refractivity (Wildman–Crippen MR) is 84.6 cm³/mol. The van der Waals surface area contributed by atoms with Crippen molar-refractivity contribution in [2.24, 2.45) is 5.92 Å². The zero-order valence-corrected chi connectivity index (χ0v) is 13.4. The van der Waals surface area contributed by atoms with Crippen molar-refractivity contribution in [2.75, 3.05) is 6.61 Å². The molecule has 1 aromatic carbocycles. The summed E-state index contributed by atoms with van der Waals surface area (Å²) in [7, 11) is 0. The van der Waals surface area contributed by atoms with E-state index in [-0.39, 0.29) is 0 Å². The molecule has 1 unspecified atom stereocenters. The number of halogens is 1. The van der Waals surface area contributed by atoms with E-state index in [9.17, 15) is 0 Å². The monoisotopic (exact) mass is 294 g/mol. The van der Waals surface area contributed by atoms with E-state index in [0.29, 0.717) is 24.4 Å². The van der Waals surface area contributed by atoms with Crippen LogP contribution in [0.15, 0.2) is 18.2 Å². The number of nitrogens with zero attached hydrogens (tertiary/aromatic N) is 2. The van der Waals surface area contributed by atoms with Crippen molar-refractivity contribution >= 4 is 22.6 Å². The van der Waals surface area contributed by atoms with Crippen LogP contribution in [0.2, 0.25) is 0 Å². The molecular formula is C16H23ClN2O. The van der Waals surface area contributed by atoms with Crippen molar-refractivity contribution in [3.05, 3.63) is 24.0 Å². The van der Waals surface area contributed by atoms with Crippen LogP contribution in [-0.4, -0.2) is 16.2 Å². The lowest BCUT2D eigenvalue weighted by Gasteiger charge is -2.20. The first-order valence-electron chi connectivity index (χ1n) is 7.28. The zero-order valence-electron chi connectivity index (χ0n) is 12.7. The summed E-state index contributed by atoms with van der Waals surface area (Å²) < 4.78 is 8.04. The smallest absolute Gasteiger partial charge is 0.147 e. The molecule has 20 heavy (non-hydrogen) atoms. The summed E-state index contributed by atoms with van der Waals surface area (Å²) >= 11 is 6.08. The van der Waals surface area contributed by atoms with Crippen molar-refractivity contribution in [2.45, 2.75) is 46.0 Å². The van der Waals surface area contributed by atoms with E-state index < -0.39 is 0 Å². The number of aromatic nitrogens is 2. The van der Waals surface area contributed by atoms with Gasteiger partial charge in [0.1, 0.15) is 17.1 Å². The Kier molecular flexibility index (Phi) is 4.92. The summed E-state index contributed by atoms with van der Waals surface area (Å²) in [4.78, 5) is 4.69. The third-order valence-electron chi connectivity index (χ3n) is 3.71. The van der Waals surface area contributed by atoms with Gasteiger partial charge in [0.05, 0.1) is 18.0 Å². The third kappa shape index (κ3) is 2.78. The third-order valence-corrected chi connectivity index (χ3v) is 3.95. The summed E-state index contributed by atoms with van der Waals surface area (Å²) in [6.07, 6.45) is 0.988. The van der Waals surface area contributed by atoms with Gasteiger partial charge in [0.25, 0.3) is 0 Å². The predicted octanol–water partition coefficient (Wildman–Crippen LogP) is 4.78. The van der Waals surface area contributed by atoms with E-state index in [1.54, 1.807) is 0 Å². The van der Waals surface area contributed by atoms with Crippen LogP contribution in [0.25, 0.3) is 11.0 Å². The molecule has 1 atom stereocenters. The van der Waals surface area contributed by atoms with E-state index in [4.69, 9.17) is 21.3 Å². The minimum atomic E-state index is 0.357. The maximum atomic E-state index is 6.08. The van der Waals surface area contributed by atoms with Crippen molar-refractivity contribution in [1.29, 1.82) is 0 Å². The molecule has 1 heterocycles. The lowest BCUT2D eigenvalue weighted by molar-refractivity contribution is 0.320. The number of rotatable bonds is 6. The lowest BCUT2D eigenvalue weighted by Crippen LogP contribution is -2.13. The summed E-state index contributed by atoms with van der Waals surface area (Å²) in [5.74, 6) is 2.70. The topological polar surface area (TPSA) is 27.1 Å². The van der Waals surface area contributed by atoms with Crippen molar-refractivity contribution in [3.8, 4) is 5.75 Å². The number of hydrogen-bond donors (Lipinski definition) is 0. The quantitative estimate of drug-likeness (QED) is 0.717. The van der Waals surface area contributed by atoms with Crippen LogP contribution in [0.1, 0.15) is 46.0 Å². The molecular weight excluding hydrogens is 272 g/mol. The molecule has 3 nitrogen and oxygen atoms in total. The Morgan fingerprint density at radius 2 is 2.05 bits per heavy atom. The van der Waals surface area contributed by atoms with Gasteiger partial charge in [-0.05, 0) is 31.4 Å². The Balaban J connectivity index is 2.56. The largest absolute Gasteiger partial charge is 0.491 e. The first-order valence-corrected chi connectivity index (χ1v) is 7.82. The molecule has 0 aliphatic carbocycles. The second-order valence-corrected chi connectivity index (χ2v) is 5.76. The molecule has 0 aliphatic rings. The molecule has 0 N–H and O–H groups in total. The highest BCUT2D eigenvalue weighted by Crippen LogP contribution is 2.31. The summed E-state index contributed by atoms with van der Waals surface area (Å²) in [6, 6.07) is 6.45. The summed E-state index contributed by atoms with van der Waals surface area (Å²) in [6.45, 7) is 9.45. The summed E-state index contributed by atoms with van der Waals surface area (Å²) in [5.41, 5.74) is 2.03. The van der Waals surface area contributed by atoms with Crippen molar-refractivity contribution in [1.82, 2.24) is 9.55 Å². The number of ether oxygens (including phenoxy) is 1. The fraction of sp³-hybridized carbons (Fsp3) is 0.562. The highest BCUT2D eigenvalue weighted by molar-refractivity contribution is 6.16. The fourth-order valence-electron chi connectivity index (χ4n) is 2.31. The molecule has 0 radical (unpaired) electrons. The highest BCUT2D eigenvalue weighted by atomic mass is 35.5. The Morgan fingerprint density at radius 3 is 2.65 bits per heavy atom. The second kappa shape index (κ2) is 6.49. The van der Waals surface area contributed by atoms with Gasteiger partial charge in [0.2, 0.25) is 0 Å². The van der Waals surface area contributed by atoms with Gasteiger partial charge < -0.3 is 9.30 Å². The van der Waals surface area contributed by atoms with Crippen LogP contribution in [0.3, 0.4) is 0 Å². The number of fused-ring (bicyclic) bond motifs is 1. The van der Waals surface area contributed by atoms with E-state index in [1.807, 2.05) is 12.1 Å². The SMILES string of the molecule is CCCOc1cccc2c1nc(CCl)n2C(C)C(C)C. The molecule has 2 rings (SSSR count). The molecule has 110 valence electrons. The minimum Gasteiger partial charge on any atom is -0.491 e. The average Bonchev–Trinajstić information content (AvgIpc) is 2.82. The molecule has 0 saturated carbocycles. The number of benzene rings is 1. The van der Waals surface area contributed by atoms with Gasteiger partial charge in [0.15, 0.2) is 0 Å². The lowest BCUT2D eigenvalue weighted by atomic mass is 10.1. The molecule has 2 aromatic rings. The number of imidazole rings is 1. The maximum Gasteiger partial charge on any atom is 0.147 e. The molecule has 0 bridgehead atoms. The Hall–Kier alpha value is -1.22. The van der Waals surface area contributed by atoms with Gasteiger partial charge in [0, 0.05) is 6.04 Å². The van der Waals surface area contributed by atoms with Crippen molar-refractivity contribution in [3.63, 3.8) is 0 Å². The first-order chi connectivity index (χ1) is 9.60. The Labute approximate surface area is 125 Å². The maximum absolute atomic E-state index is 6.08. The van der Waals surface area contributed by atoms with Crippen LogP contribution in [0.5, 0.6) is 5.75 Å². The average molecular weight is 295 g/mol. The standard InChI is InChI=1S/C16H23ClN2O/c1-5-9-20-14-8-6-7-13-16(14)18-15(10-17)19(13)12(4)11(2)3/h6-8,11-12H,5,9-10H2,1-4H3. The summed E-state index contributed by atoms with van der Waals surface area (Å²) in [5, 5.41) is 0. The Bertz CT molecular complexity index is 577. The van der Waals surface area contributed by atoms with Crippen LogP contribution >= 0.6 is 11.6 Å². The molecule has 0 saturated heterocycles.